The third-order valence-electron chi connectivity index (χ3n) is 4.85. The molecule has 3 nitrogen and oxygen atoms in total. The van der Waals surface area contributed by atoms with Gasteiger partial charge in [0.2, 0.25) is 5.91 Å². The Kier molecular flexibility index (Phi) is 6.12. The lowest BCUT2D eigenvalue weighted by atomic mass is 9.96. The van der Waals surface area contributed by atoms with E-state index in [9.17, 15) is 4.79 Å². The van der Waals surface area contributed by atoms with Crippen LogP contribution in [-0.4, -0.2) is 23.9 Å². The Labute approximate surface area is 164 Å². The van der Waals surface area contributed by atoms with E-state index in [2.05, 4.69) is 70.1 Å². The molecule has 0 bridgehead atoms. The molecular weight excluding hydrogens is 423 g/mol. The number of rotatable bonds is 4. The van der Waals surface area contributed by atoms with E-state index in [1.165, 1.54) is 14.7 Å². The van der Waals surface area contributed by atoms with E-state index < -0.39 is 0 Å². The van der Waals surface area contributed by atoms with Gasteiger partial charge in [0.25, 0.3) is 0 Å². The number of hydrogen-bond acceptors (Lipinski definition) is 2. The number of carbonyl (C=O) groups is 1. The molecule has 1 aliphatic rings. The van der Waals surface area contributed by atoms with Crippen LogP contribution >= 0.6 is 22.6 Å². The second-order valence-corrected chi connectivity index (χ2v) is 8.25. The van der Waals surface area contributed by atoms with Gasteiger partial charge in [0.1, 0.15) is 0 Å². The summed E-state index contributed by atoms with van der Waals surface area (Å²) in [6.07, 6.45) is 2.05. The van der Waals surface area contributed by atoms with Crippen molar-refractivity contribution in [3.05, 3.63) is 62.7 Å². The van der Waals surface area contributed by atoms with Gasteiger partial charge in [0, 0.05) is 22.3 Å². The molecule has 4 heteroatoms. The molecule has 1 heterocycles. The van der Waals surface area contributed by atoms with Crippen LogP contribution in [0.3, 0.4) is 0 Å². The van der Waals surface area contributed by atoms with Crippen molar-refractivity contribution in [3.8, 4) is 0 Å². The van der Waals surface area contributed by atoms with E-state index >= 15 is 0 Å². The minimum absolute atomic E-state index is 0.0675. The zero-order valence-electron chi connectivity index (χ0n) is 14.9. The molecule has 25 heavy (non-hydrogen) atoms. The Balaban J connectivity index is 1.60. The number of hydrogen-bond donors (Lipinski definition) is 1. The van der Waals surface area contributed by atoms with Crippen LogP contribution in [0.25, 0.3) is 0 Å². The van der Waals surface area contributed by atoms with Gasteiger partial charge in [0.05, 0.1) is 5.92 Å². The van der Waals surface area contributed by atoms with Crippen LogP contribution in [-0.2, 0) is 11.3 Å². The molecule has 1 unspecified atom stereocenters. The molecule has 1 N–H and O–H groups in total. The fourth-order valence-electron chi connectivity index (χ4n) is 3.37. The summed E-state index contributed by atoms with van der Waals surface area (Å²) in [5.41, 5.74) is 4.65. The van der Waals surface area contributed by atoms with Crippen LogP contribution in [0.1, 0.15) is 29.5 Å². The predicted molar refractivity (Wildman–Crippen MR) is 112 cm³/mol. The highest BCUT2D eigenvalue weighted by Crippen LogP contribution is 2.23. The second-order valence-electron chi connectivity index (χ2n) is 7.01. The molecule has 0 spiro atoms. The van der Waals surface area contributed by atoms with Gasteiger partial charge in [-0.15, -0.1) is 0 Å². The molecule has 3 rings (SSSR count). The number of nitrogens with zero attached hydrogens (tertiary/aromatic N) is 1. The fourth-order valence-corrected chi connectivity index (χ4v) is 4.01. The molecule has 0 radical (unpaired) electrons. The van der Waals surface area contributed by atoms with Crippen LogP contribution in [0.15, 0.2) is 42.5 Å². The normalized spacial score (nSPS) is 18.1. The lowest BCUT2D eigenvalue weighted by Gasteiger charge is -2.32. The van der Waals surface area contributed by atoms with Crippen molar-refractivity contribution in [1.82, 2.24) is 4.90 Å². The van der Waals surface area contributed by atoms with Gasteiger partial charge in [-0.25, -0.2) is 0 Å². The number of benzene rings is 2. The smallest absolute Gasteiger partial charge is 0.228 e. The number of aryl methyl sites for hydroxylation is 2. The second kappa shape index (κ2) is 8.32. The minimum atomic E-state index is 0.0675. The summed E-state index contributed by atoms with van der Waals surface area (Å²) in [5, 5.41) is 3.13. The summed E-state index contributed by atoms with van der Waals surface area (Å²) < 4.78 is 1.19. The van der Waals surface area contributed by atoms with Gasteiger partial charge in [-0.1, -0.05) is 29.8 Å². The van der Waals surface area contributed by atoms with Crippen molar-refractivity contribution >= 4 is 34.2 Å². The predicted octanol–water partition coefficient (Wildman–Crippen LogP) is 4.76. The van der Waals surface area contributed by atoms with Crippen LogP contribution in [0, 0.1) is 23.3 Å². The van der Waals surface area contributed by atoms with Crippen LogP contribution < -0.4 is 5.32 Å². The molecule has 2 aromatic rings. The maximum Gasteiger partial charge on any atom is 0.228 e. The van der Waals surface area contributed by atoms with Crippen molar-refractivity contribution in [2.75, 3.05) is 18.4 Å². The molecular formula is C21H25IN2O. The van der Waals surface area contributed by atoms with E-state index in [0.717, 1.165) is 43.7 Å². The third-order valence-corrected chi connectivity index (χ3v) is 5.52. The highest BCUT2D eigenvalue weighted by Gasteiger charge is 2.26. The molecule has 0 aromatic heterocycles. The van der Waals surface area contributed by atoms with Gasteiger partial charge < -0.3 is 5.32 Å². The zero-order chi connectivity index (χ0) is 17.8. The molecule has 0 aliphatic carbocycles. The maximum atomic E-state index is 12.7. The first-order valence-corrected chi connectivity index (χ1v) is 9.94. The van der Waals surface area contributed by atoms with Crippen molar-refractivity contribution in [3.63, 3.8) is 0 Å². The standard InChI is InChI=1S/C21H25IN2O/c1-15-5-7-17(8-6-15)13-24-11-3-4-18(14-24)21(25)23-20-10-9-19(22)12-16(20)2/h5-10,12,18H,3-4,11,13-14H2,1-2H3,(H,23,25). The first-order chi connectivity index (χ1) is 12.0. The average Bonchev–Trinajstić information content (AvgIpc) is 2.60. The third kappa shape index (κ3) is 5.05. The first kappa shape index (κ1) is 18.4. The zero-order valence-corrected chi connectivity index (χ0v) is 17.0. The summed E-state index contributed by atoms with van der Waals surface area (Å²) >= 11 is 2.29. The van der Waals surface area contributed by atoms with Gasteiger partial charge in [-0.05, 0) is 85.2 Å². The van der Waals surface area contributed by atoms with Crippen LogP contribution in [0.2, 0.25) is 0 Å². The van der Waals surface area contributed by atoms with Gasteiger partial charge in [0.15, 0.2) is 0 Å². The lowest BCUT2D eigenvalue weighted by molar-refractivity contribution is -0.121. The first-order valence-electron chi connectivity index (χ1n) is 8.86. The van der Waals surface area contributed by atoms with Crippen molar-refractivity contribution in [2.24, 2.45) is 5.92 Å². The largest absolute Gasteiger partial charge is 0.326 e. The quantitative estimate of drug-likeness (QED) is 0.685. The van der Waals surface area contributed by atoms with Gasteiger partial charge in [-0.2, -0.15) is 0 Å². The van der Waals surface area contributed by atoms with E-state index in [1.807, 2.05) is 19.1 Å². The lowest BCUT2D eigenvalue weighted by Crippen LogP contribution is -2.40. The van der Waals surface area contributed by atoms with E-state index in [0.29, 0.717) is 0 Å². The van der Waals surface area contributed by atoms with Crippen LogP contribution in [0.4, 0.5) is 5.69 Å². The summed E-state index contributed by atoms with van der Waals surface area (Å²) in [7, 11) is 0. The Morgan fingerprint density at radius 1 is 1.20 bits per heavy atom. The van der Waals surface area contributed by atoms with E-state index in [-0.39, 0.29) is 11.8 Å². The van der Waals surface area contributed by atoms with Gasteiger partial charge >= 0.3 is 0 Å². The summed E-state index contributed by atoms with van der Waals surface area (Å²) in [5.74, 6) is 0.218. The van der Waals surface area contributed by atoms with Crippen molar-refractivity contribution < 1.29 is 4.79 Å². The topological polar surface area (TPSA) is 32.3 Å². The van der Waals surface area contributed by atoms with E-state index in [1.54, 1.807) is 0 Å². The number of nitrogens with one attached hydrogen (secondary N) is 1. The van der Waals surface area contributed by atoms with Crippen molar-refractivity contribution in [2.45, 2.75) is 33.2 Å². The highest BCUT2D eigenvalue weighted by molar-refractivity contribution is 14.1. The number of anilines is 1. The molecule has 2 aromatic carbocycles. The summed E-state index contributed by atoms with van der Waals surface area (Å²) in [6, 6.07) is 14.8. The SMILES string of the molecule is Cc1ccc(CN2CCCC(C(=O)Nc3ccc(I)cc3C)C2)cc1. The number of carbonyl (C=O) groups excluding carboxylic acids is 1. The molecule has 132 valence electrons. The number of likely N-dealkylation sites (tertiary alicyclic amines) is 1. The molecule has 1 amide bonds. The minimum Gasteiger partial charge on any atom is -0.326 e. The molecule has 1 aliphatic heterocycles. The molecule has 1 fully saturated rings. The Bertz CT molecular complexity index is 742. The Hall–Kier alpha value is -1.40. The maximum absolute atomic E-state index is 12.7. The molecule has 0 saturated carbocycles. The Morgan fingerprint density at radius 3 is 2.68 bits per heavy atom. The number of amides is 1. The molecule has 1 saturated heterocycles. The highest BCUT2D eigenvalue weighted by atomic mass is 127. The van der Waals surface area contributed by atoms with E-state index in [4.69, 9.17) is 0 Å². The monoisotopic (exact) mass is 448 g/mol. The number of halogens is 1. The van der Waals surface area contributed by atoms with Gasteiger partial charge in [-0.3, -0.25) is 9.69 Å². The summed E-state index contributed by atoms with van der Waals surface area (Å²) in [6.45, 7) is 6.98. The van der Waals surface area contributed by atoms with Crippen molar-refractivity contribution in [1.29, 1.82) is 0 Å². The molecule has 1 atom stereocenters. The van der Waals surface area contributed by atoms with Crippen LogP contribution in [0.5, 0.6) is 0 Å². The number of piperidine rings is 1. The average molecular weight is 448 g/mol. The Morgan fingerprint density at radius 2 is 1.96 bits per heavy atom. The fraction of sp³-hybridized carbons (Fsp3) is 0.381. The summed E-state index contributed by atoms with van der Waals surface area (Å²) in [4.78, 5) is 15.1.